The topological polar surface area (TPSA) is 101 Å². The Labute approximate surface area is 165 Å². The lowest BCUT2D eigenvalue weighted by Crippen LogP contribution is -2.50. The average molecular weight is 452 g/mol. The molecule has 0 bridgehead atoms. The summed E-state index contributed by atoms with van der Waals surface area (Å²) in [5.41, 5.74) is 5.96. The Bertz CT molecular complexity index is 968. The van der Waals surface area contributed by atoms with Crippen LogP contribution in [0.1, 0.15) is 20.7 Å². The van der Waals surface area contributed by atoms with Crippen LogP contribution in [-0.2, 0) is 10.0 Å². The van der Waals surface area contributed by atoms with Gasteiger partial charge < -0.3 is 10.6 Å². The number of nitrogens with two attached hydrogens (primary N) is 1. The van der Waals surface area contributed by atoms with Crippen molar-refractivity contribution in [2.24, 2.45) is 5.73 Å². The zero-order valence-corrected chi connectivity index (χ0v) is 16.7. The SMILES string of the molecule is NC(=O)c1ccc(C(=O)N2CCN(S(=O)(=O)c3cccc(Br)c3)CC2)cc1. The number of primary amides is 1. The lowest BCUT2D eigenvalue weighted by atomic mass is 10.1. The molecular formula is C18H18BrN3O4S. The number of halogens is 1. The van der Waals surface area contributed by atoms with Gasteiger partial charge in [-0.3, -0.25) is 9.59 Å². The third kappa shape index (κ3) is 4.20. The molecule has 1 aliphatic heterocycles. The molecule has 2 aromatic rings. The normalized spacial score (nSPS) is 15.5. The number of rotatable bonds is 4. The average Bonchev–Trinajstić information content (AvgIpc) is 2.67. The molecule has 0 spiro atoms. The summed E-state index contributed by atoms with van der Waals surface area (Å²) in [6.07, 6.45) is 0. The van der Waals surface area contributed by atoms with Crippen LogP contribution in [0, 0.1) is 0 Å². The number of hydrogen-bond acceptors (Lipinski definition) is 4. The van der Waals surface area contributed by atoms with E-state index in [0.717, 1.165) is 0 Å². The summed E-state index contributed by atoms with van der Waals surface area (Å²) < 4.78 is 27.6. The van der Waals surface area contributed by atoms with Crippen molar-refractivity contribution in [2.45, 2.75) is 4.90 Å². The van der Waals surface area contributed by atoms with Gasteiger partial charge in [0.15, 0.2) is 0 Å². The van der Waals surface area contributed by atoms with Gasteiger partial charge in [0, 0.05) is 41.8 Å². The van der Waals surface area contributed by atoms with E-state index in [4.69, 9.17) is 5.73 Å². The lowest BCUT2D eigenvalue weighted by Gasteiger charge is -2.34. The minimum Gasteiger partial charge on any atom is -0.366 e. The minimum atomic E-state index is -3.60. The Morgan fingerprint density at radius 1 is 0.926 bits per heavy atom. The lowest BCUT2D eigenvalue weighted by molar-refractivity contribution is 0.0697. The first-order valence-electron chi connectivity index (χ1n) is 8.24. The van der Waals surface area contributed by atoms with Crippen molar-refractivity contribution < 1.29 is 18.0 Å². The summed E-state index contributed by atoms with van der Waals surface area (Å²) in [7, 11) is -3.60. The van der Waals surface area contributed by atoms with Crippen LogP contribution in [0.3, 0.4) is 0 Å². The van der Waals surface area contributed by atoms with Crippen LogP contribution in [0.25, 0.3) is 0 Å². The number of amides is 2. The van der Waals surface area contributed by atoms with Crippen LogP contribution >= 0.6 is 15.9 Å². The van der Waals surface area contributed by atoms with E-state index in [1.165, 1.54) is 16.4 Å². The van der Waals surface area contributed by atoms with Crippen LogP contribution < -0.4 is 5.73 Å². The number of carbonyl (C=O) groups excluding carboxylic acids is 2. The van der Waals surface area contributed by atoms with Crippen molar-refractivity contribution in [3.8, 4) is 0 Å². The summed E-state index contributed by atoms with van der Waals surface area (Å²) in [5.74, 6) is -0.758. The van der Waals surface area contributed by atoms with Crippen molar-refractivity contribution in [2.75, 3.05) is 26.2 Å². The first kappa shape index (κ1) is 19.5. The van der Waals surface area contributed by atoms with E-state index in [1.807, 2.05) is 0 Å². The maximum atomic E-state index is 12.7. The third-order valence-corrected chi connectivity index (χ3v) is 6.76. The van der Waals surface area contributed by atoms with Gasteiger partial charge in [-0.25, -0.2) is 8.42 Å². The highest BCUT2D eigenvalue weighted by atomic mass is 79.9. The number of hydrogen-bond donors (Lipinski definition) is 1. The molecular weight excluding hydrogens is 434 g/mol. The van der Waals surface area contributed by atoms with E-state index in [9.17, 15) is 18.0 Å². The summed E-state index contributed by atoms with van der Waals surface area (Å²) in [5, 5.41) is 0. The van der Waals surface area contributed by atoms with Crippen molar-refractivity contribution in [3.63, 3.8) is 0 Å². The van der Waals surface area contributed by atoms with Gasteiger partial charge in [0.2, 0.25) is 15.9 Å². The number of sulfonamides is 1. The van der Waals surface area contributed by atoms with Gasteiger partial charge in [-0.2, -0.15) is 4.31 Å². The van der Waals surface area contributed by atoms with E-state index >= 15 is 0 Å². The molecule has 0 radical (unpaired) electrons. The molecule has 1 aliphatic rings. The van der Waals surface area contributed by atoms with Crippen LogP contribution in [-0.4, -0.2) is 55.6 Å². The van der Waals surface area contributed by atoms with Crippen LogP contribution in [0.4, 0.5) is 0 Å². The van der Waals surface area contributed by atoms with E-state index in [1.54, 1.807) is 41.3 Å². The van der Waals surface area contributed by atoms with Gasteiger partial charge in [0.25, 0.3) is 5.91 Å². The Balaban J connectivity index is 1.67. The van der Waals surface area contributed by atoms with Crippen LogP contribution in [0.15, 0.2) is 57.9 Å². The zero-order chi connectivity index (χ0) is 19.6. The van der Waals surface area contributed by atoms with Crippen LogP contribution in [0.2, 0.25) is 0 Å². The fourth-order valence-electron chi connectivity index (χ4n) is 2.87. The predicted octanol–water partition coefficient (Wildman–Crippen LogP) is 1.69. The fraction of sp³-hybridized carbons (Fsp3) is 0.222. The molecule has 0 unspecified atom stereocenters. The van der Waals surface area contributed by atoms with Gasteiger partial charge in [0.05, 0.1) is 4.90 Å². The molecule has 2 N–H and O–H groups in total. The van der Waals surface area contributed by atoms with Gasteiger partial charge >= 0.3 is 0 Å². The molecule has 1 saturated heterocycles. The van der Waals surface area contributed by atoms with E-state index < -0.39 is 15.9 Å². The molecule has 9 heteroatoms. The van der Waals surface area contributed by atoms with Gasteiger partial charge in [-0.15, -0.1) is 0 Å². The largest absolute Gasteiger partial charge is 0.366 e. The van der Waals surface area contributed by atoms with Crippen molar-refractivity contribution in [1.29, 1.82) is 0 Å². The number of benzene rings is 2. The van der Waals surface area contributed by atoms with E-state index in [-0.39, 0.29) is 23.9 Å². The highest BCUT2D eigenvalue weighted by Gasteiger charge is 2.30. The van der Waals surface area contributed by atoms with Gasteiger partial charge in [-0.05, 0) is 42.5 Å². The molecule has 0 aliphatic carbocycles. The second-order valence-electron chi connectivity index (χ2n) is 6.10. The molecule has 1 heterocycles. The summed E-state index contributed by atoms with van der Waals surface area (Å²) in [4.78, 5) is 25.5. The Morgan fingerprint density at radius 3 is 2.07 bits per heavy atom. The van der Waals surface area contributed by atoms with Gasteiger partial charge in [0.1, 0.15) is 0 Å². The molecule has 1 fully saturated rings. The summed E-state index contributed by atoms with van der Waals surface area (Å²) in [6, 6.07) is 12.7. The van der Waals surface area contributed by atoms with Crippen molar-refractivity contribution in [1.82, 2.24) is 9.21 Å². The number of piperazine rings is 1. The fourth-order valence-corrected chi connectivity index (χ4v) is 4.89. The molecule has 2 aromatic carbocycles. The van der Waals surface area contributed by atoms with Crippen molar-refractivity contribution in [3.05, 3.63) is 64.1 Å². The van der Waals surface area contributed by atoms with E-state index in [2.05, 4.69) is 15.9 Å². The van der Waals surface area contributed by atoms with Crippen LogP contribution in [0.5, 0.6) is 0 Å². The molecule has 7 nitrogen and oxygen atoms in total. The molecule has 142 valence electrons. The molecule has 0 atom stereocenters. The van der Waals surface area contributed by atoms with Crippen molar-refractivity contribution >= 4 is 37.8 Å². The Morgan fingerprint density at radius 2 is 1.52 bits per heavy atom. The highest BCUT2D eigenvalue weighted by Crippen LogP contribution is 2.21. The van der Waals surface area contributed by atoms with Gasteiger partial charge in [-0.1, -0.05) is 22.0 Å². The minimum absolute atomic E-state index is 0.203. The second kappa shape index (κ2) is 7.79. The maximum absolute atomic E-state index is 12.7. The third-order valence-electron chi connectivity index (χ3n) is 4.38. The first-order valence-corrected chi connectivity index (χ1v) is 10.5. The van der Waals surface area contributed by atoms with E-state index in [0.29, 0.717) is 28.7 Å². The first-order chi connectivity index (χ1) is 12.8. The quantitative estimate of drug-likeness (QED) is 0.763. The Kier molecular flexibility index (Phi) is 5.64. The maximum Gasteiger partial charge on any atom is 0.253 e. The summed E-state index contributed by atoms with van der Waals surface area (Å²) >= 11 is 3.28. The molecule has 2 amide bonds. The predicted molar refractivity (Wildman–Crippen MR) is 104 cm³/mol. The Hall–Kier alpha value is -2.23. The molecule has 0 saturated carbocycles. The zero-order valence-electron chi connectivity index (χ0n) is 14.3. The highest BCUT2D eigenvalue weighted by molar-refractivity contribution is 9.10. The second-order valence-corrected chi connectivity index (χ2v) is 8.95. The summed E-state index contributed by atoms with van der Waals surface area (Å²) in [6.45, 7) is 1.03. The number of nitrogens with zero attached hydrogens (tertiary/aromatic N) is 2. The number of carbonyl (C=O) groups is 2. The monoisotopic (exact) mass is 451 g/mol. The standard InChI is InChI=1S/C18H18BrN3O4S/c19-15-2-1-3-16(12-15)27(25,26)22-10-8-21(9-11-22)18(24)14-6-4-13(5-7-14)17(20)23/h1-7,12H,8-11H2,(H2,20,23). The molecule has 0 aromatic heterocycles. The molecule has 3 rings (SSSR count). The smallest absolute Gasteiger partial charge is 0.253 e. The molecule has 27 heavy (non-hydrogen) atoms.